The Balaban J connectivity index is 1.80. The molecule has 3 rings (SSSR count). The van der Waals surface area contributed by atoms with E-state index in [1.54, 1.807) is 9.58 Å². The first-order chi connectivity index (χ1) is 15.7. The largest absolute Gasteiger partial charge is 0.333 e. The predicted molar refractivity (Wildman–Crippen MR) is 134 cm³/mol. The van der Waals surface area contributed by atoms with Crippen LogP contribution >= 0.6 is 0 Å². The van der Waals surface area contributed by atoms with E-state index in [4.69, 9.17) is 5.10 Å². The van der Waals surface area contributed by atoms with Crippen LogP contribution in [0, 0.1) is 12.8 Å². The van der Waals surface area contributed by atoms with Gasteiger partial charge in [0.2, 0.25) is 11.8 Å². The second-order valence-electron chi connectivity index (χ2n) is 10.4. The Morgan fingerprint density at radius 3 is 2.39 bits per heavy atom. The molecule has 0 unspecified atom stereocenters. The minimum Gasteiger partial charge on any atom is -0.333 e. The van der Waals surface area contributed by atoms with Crippen LogP contribution in [0.25, 0.3) is 5.69 Å². The van der Waals surface area contributed by atoms with Crippen molar-refractivity contribution < 1.29 is 9.59 Å². The summed E-state index contributed by atoms with van der Waals surface area (Å²) in [7, 11) is 0. The molecule has 6 nitrogen and oxygen atoms in total. The summed E-state index contributed by atoms with van der Waals surface area (Å²) in [6, 6.07) is 10.0. The van der Waals surface area contributed by atoms with Crippen LogP contribution in [0.15, 0.2) is 30.3 Å². The lowest BCUT2D eigenvalue weighted by molar-refractivity contribution is -0.139. The summed E-state index contributed by atoms with van der Waals surface area (Å²) < 4.78 is 1.79. The van der Waals surface area contributed by atoms with E-state index in [1.165, 1.54) is 12.0 Å². The Hall–Kier alpha value is -2.63. The summed E-state index contributed by atoms with van der Waals surface area (Å²) in [6.45, 7) is 11.2. The van der Waals surface area contributed by atoms with Gasteiger partial charge in [-0.3, -0.25) is 9.59 Å². The van der Waals surface area contributed by atoms with Crippen molar-refractivity contribution in [3.63, 3.8) is 0 Å². The van der Waals surface area contributed by atoms with E-state index in [-0.39, 0.29) is 29.7 Å². The number of anilines is 1. The quantitative estimate of drug-likeness (QED) is 0.565. The number of nitrogens with one attached hydrogen (secondary N) is 1. The second kappa shape index (κ2) is 11.0. The van der Waals surface area contributed by atoms with E-state index in [0.29, 0.717) is 12.4 Å². The molecule has 33 heavy (non-hydrogen) atoms. The zero-order valence-corrected chi connectivity index (χ0v) is 21.0. The molecule has 0 saturated heterocycles. The number of unbranched alkanes of at least 4 members (excludes halogenated alkanes) is 1. The first kappa shape index (κ1) is 25.0. The van der Waals surface area contributed by atoms with Gasteiger partial charge in [-0.2, -0.15) is 5.10 Å². The number of hydrogen-bond donors (Lipinski definition) is 1. The van der Waals surface area contributed by atoms with Crippen LogP contribution in [-0.2, 0) is 15.0 Å². The molecule has 1 aromatic carbocycles. The molecule has 1 aromatic heterocycles. The van der Waals surface area contributed by atoms with Gasteiger partial charge in [-0.1, -0.05) is 71.1 Å². The number of aromatic nitrogens is 2. The van der Waals surface area contributed by atoms with Gasteiger partial charge in [0.1, 0.15) is 5.82 Å². The van der Waals surface area contributed by atoms with Gasteiger partial charge in [0.15, 0.2) is 0 Å². The van der Waals surface area contributed by atoms with Gasteiger partial charge in [0.25, 0.3) is 0 Å². The first-order valence-corrected chi connectivity index (χ1v) is 12.4. The van der Waals surface area contributed by atoms with Gasteiger partial charge in [-0.05, 0) is 38.3 Å². The van der Waals surface area contributed by atoms with E-state index < -0.39 is 0 Å². The predicted octanol–water partition coefficient (Wildman–Crippen LogP) is 5.63. The molecule has 2 aromatic rings. The SMILES string of the molecule is CCCCN(CC(=O)Nc1cc(C(C)(C)C)nn1-c1ccc(C)cc1)C(=O)C1CCCCC1. The van der Waals surface area contributed by atoms with Crippen LogP contribution in [0.3, 0.4) is 0 Å². The van der Waals surface area contributed by atoms with Crippen molar-refractivity contribution in [3.05, 3.63) is 41.6 Å². The maximum absolute atomic E-state index is 13.2. The summed E-state index contributed by atoms with van der Waals surface area (Å²) in [5.41, 5.74) is 2.81. The molecule has 0 atom stereocenters. The minimum atomic E-state index is -0.177. The van der Waals surface area contributed by atoms with Crippen LogP contribution in [0.1, 0.15) is 83.9 Å². The van der Waals surface area contributed by atoms with Crippen LogP contribution in [0.2, 0.25) is 0 Å². The number of carbonyl (C=O) groups is 2. The summed E-state index contributed by atoms with van der Waals surface area (Å²) >= 11 is 0. The molecule has 0 aliphatic heterocycles. The van der Waals surface area contributed by atoms with Crippen molar-refractivity contribution >= 4 is 17.6 Å². The summed E-state index contributed by atoms with van der Waals surface area (Å²) in [6.07, 6.45) is 7.20. The zero-order valence-electron chi connectivity index (χ0n) is 21.0. The fourth-order valence-electron chi connectivity index (χ4n) is 4.30. The number of hydrogen-bond acceptors (Lipinski definition) is 3. The van der Waals surface area contributed by atoms with Gasteiger partial charge in [0.05, 0.1) is 17.9 Å². The first-order valence-electron chi connectivity index (χ1n) is 12.4. The molecule has 1 heterocycles. The van der Waals surface area contributed by atoms with E-state index in [1.807, 2.05) is 37.3 Å². The van der Waals surface area contributed by atoms with E-state index >= 15 is 0 Å². The number of amides is 2. The van der Waals surface area contributed by atoms with Crippen LogP contribution in [-0.4, -0.2) is 39.6 Å². The molecule has 1 N–H and O–H groups in total. The van der Waals surface area contributed by atoms with Crippen LogP contribution in [0.5, 0.6) is 0 Å². The molecule has 0 radical (unpaired) electrons. The maximum Gasteiger partial charge on any atom is 0.245 e. The normalized spacial score (nSPS) is 14.8. The number of carbonyl (C=O) groups excluding carboxylic acids is 2. The molecule has 6 heteroatoms. The second-order valence-corrected chi connectivity index (χ2v) is 10.4. The monoisotopic (exact) mass is 452 g/mol. The third kappa shape index (κ3) is 6.68. The summed E-state index contributed by atoms with van der Waals surface area (Å²) in [5.74, 6) is 0.660. The van der Waals surface area contributed by atoms with Gasteiger partial charge in [0, 0.05) is 23.9 Å². The lowest BCUT2D eigenvalue weighted by atomic mass is 9.88. The van der Waals surface area contributed by atoms with Crippen LogP contribution in [0.4, 0.5) is 5.82 Å². The maximum atomic E-state index is 13.2. The lowest BCUT2D eigenvalue weighted by Crippen LogP contribution is -2.42. The molecule has 1 aliphatic rings. The minimum absolute atomic E-state index is 0.0639. The summed E-state index contributed by atoms with van der Waals surface area (Å²) in [4.78, 5) is 28.1. The number of aryl methyl sites for hydroxylation is 1. The Bertz CT molecular complexity index is 934. The smallest absolute Gasteiger partial charge is 0.245 e. The standard InChI is InChI=1S/C27H40N4O2/c1-6-7-17-30(26(33)21-11-9-8-10-12-21)19-25(32)28-24-18-23(27(3,4)5)29-31(24)22-15-13-20(2)14-16-22/h13-16,18,21H,6-12,17,19H2,1-5H3,(H,28,32). The van der Waals surface area contributed by atoms with Crippen molar-refractivity contribution in [2.75, 3.05) is 18.4 Å². The zero-order chi connectivity index (χ0) is 24.0. The molecule has 0 spiro atoms. The average Bonchev–Trinajstić information content (AvgIpc) is 3.21. The Kier molecular flexibility index (Phi) is 8.33. The molecule has 0 bridgehead atoms. The van der Waals surface area contributed by atoms with Crippen molar-refractivity contribution in [2.24, 2.45) is 5.92 Å². The van der Waals surface area contributed by atoms with Gasteiger partial charge in [-0.25, -0.2) is 4.68 Å². The molecular weight excluding hydrogens is 412 g/mol. The molecule has 2 amide bonds. The van der Waals surface area contributed by atoms with Gasteiger partial charge >= 0.3 is 0 Å². The van der Waals surface area contributed by atoms with Crippen molar-refractivity contribution in [1.29, 1.82) is 0 Å². The van der Waals surface area contributed by atoms with Crippen molar-refractivity contribution in [1.82, 2.24) is 14.7 Å². The van der Waals surface area contributed by atoms with Gasteiger partial charge in [-0.15, -0.1) is 0 Å². The van der Waals surface area contributed by atoms with E-state index in [2.05, 4.69) is 33.0 Å². The fourth-order valence-corrected chi connectivity index (χ4v) is 4.30. The highest BCUT2D eigenvalue weighted by atomic mass is 16.2. The number of rotatable bonds is 8. The topological polar surface area (TPSA) is 67.2 Å². The molecule has 1 aliphatic carbocycles. The summed E-state index contributed by atoms with van der Waals surface area (Å²) in [5, 5.41) is 7.84. The lowest BCUT2D eigenvalue weighted by Gasteiger charge is -2.29. The van der Waals surface area contributed by atoms with E-state index in [9.17, 15) is 9.59 Å². The Morgan fingerprint density at radius 2 is 1.79 bits per heavy atom. The fraction of sp³-hybridized carbons (Fsp3) is 0.593. The Morgan fingerprint density at radius 1 is 1.12 bits per heavy atom. The molecule has 1 saturated carbocycles. The number of nitrogens with zero attached hydrogens (tertiary/aromatic N) is 3. The van der Waals surface area contributed by atoms with Crippen molar-refractivity contribution in [3.8, 4) is 5.69 Å². The highest BCUT2D eigenvalue weighted by molar-refractivity contribution is 5.94. The molecule has 1 fully saturated rings. The highest BCUT2D eigenvalue weighted by Crippen LogP contribution is 2.27. The van der Waals surface area contributed by atoms with Crippen LogP contribution < -0.4 is 5.32 Å². The molecular formula is C27H40N4O2. The van der Waals surface area contributed by atoms with E-state index in [0.717, 1.165) is 49.9 Å². The average molecular weight is 453 g/mol. The number of benzene rings is 1. The third-order valence-corrected chi connectivity index (χ3v) is 6.41. The highest BCUT2D eigenvalue weighted by Gasteiger charge is 2.28. The molecule has 180 valence electrons. The third-order valence-electron chi connectivity index (χ3n) is 6.41. The van der Waals surface area contributed by atoms with Crippen molar-refractivity contribution in [2.45, 2.75) is 85.0 Å². The Labute approximate surface area is 198 Å². The van der Waals surface area contributed by atoms with Gasteiger partial charge < -0.3 is 10.2 Å².